The molecule has 0 amide bonds. The molecule has 0 unspecified atom stereocenters. The molecule has 0 fully saturated rings. The summed E-state index contributed by atoms with van der Waals surface area (Å²) < 4.78 is 0. The van der Waals surface area contributed by atoms with E-state index in [1.807, 2.05) is 44.4 Å². The van der Waals surface area contributed by atoms with Crippen LogP contribution in [0.4, 0.5) is 5.69 Å². The second-order valence-electron chi connectivity index (χ2n) is 6.03. The molecule has 2 aromatic rings. The van der Waals surface area contributed by atoms with Gasteiger partial charge in [-0.15, -0.1) is 0 Å². The molecule has 0 aromatic heterocycles. The molecule has 2 heteroatoms. The van der Waals surface area contributed by atoms with Gasteiger partial charge in [-0.3, -0.25) is 0 Å². The van der Waals surface area contributed by atoms with Gasteiger partial charge in [0.2, 0.25) is 0 Å². The highest BCUT2D eigenvalue weighted by Crippen LogP contribution is 2.23. The lowest BCUT2D eigenvalue weighted by Gasteiger charge is -2.18. The van der Waals surface area contributed by atoms with Crippen molar-refractivity contribution in [2.24, 2.45) is 0 Å². The van der Waals surface area contributed by atoms with Crippen LogP contribution in [0.25, 0.3) is 0 Å². The summed E-state index contributed by atoms with van der Waals surface area (Å²) in [5.41, 5.74) is 2.67. The first-order chi connectivity index (χ1) is 9.30. The van der Waals surface area contributed by atoms with E-state index < -0.39 is 0 Å². The quantitative estimate of drug-likeness (QED) is 0.828. The van der Waals surface area contributed by atoms with Crippen molar-refractivity contribution >= 4 is 5.69 Å². The van der Waals surface area contributed by atoms with E-state index in [-0.39, 0.29) is 5.41 Å². The zero-order valence-corrected chi connectivity index (χ0v) is 13.1. The van der Waals surface area contributed by atoms with Crippen molar-refractivity contribution in [1.29, 1.82) is 0 Å². The Morgan fingerprint density at radius 1 is 0.800 bits per heavy atom. The molecule has 108 valence electrons. The van der Waals surface area contributed by atoms with E-state index >= 15 is 0 Å². The summed E-state index contributed by atoms with van der Waals surface area (Å²) in [5.74, 6) is 0.331. The first kappa shape index (κ1) is 16.1. The number of hydrogen-bond acceptors (Lipinski definition) is 2. The fraction of sp³-hybridized carbons (Fsp3) is 0.333. The number of aromatic hydroxyl groups is 1. The van der Waals surface area contributed by atoms with E-state index in [0.717, 1.165) is 0 Å². The average molecular weight is 271 g/mol. The maximum atomic E-state index is 9.02. The molecule has 0 aliphatic carbocycles. The number of phenols is 1. The van der Waals surface area contributed by atoms with E-state index in [0.29, 0.717) is 5.75 Å². The van der Waals surface area contributed by atoms with Crippen LogP contribution in [0.2, 0.25) is 0 Å². The number of phenolic OH excluding ortho intramolecular Hbond substituents is 1. The number of para-hydroxylation sites is 1. The van der Waals surface area contributed by atoms with Crippen molar-refractivity contribution in [2.75, 3.05) is 19.0 Å². The zero-order valence-electron chi connectivity index (χ0n) is 13.1. The molecular weight excluding hydrogens is 246 g/mol. The maximum Gasteiger partial charge on any atom is 0.115 e. The molecule has 0 bridgehead atoms. The van der Waals surface area contributed by atoms with Gasteiger partial charge in [0.15, 0.2) is 0 Å². The average Bonchev–Trinajstić information content (AvgIpc) is 2.40. The van der Waals surface area contributed by atoms with Crippen LogP contribution in [0.15, 0.2) is 54.6 Å². The van der Waals surface area contributed by atoms with Crippen LogP contribution in [0.3, 0.4) is 0 Å². The fourth-order valence-electron chi connectivity index (χ4n) is 1.69. The van der Waals surface area contributed by atoms with Crippen LogP contribution >= 0.6 is 0 Å². The van der Waals surface area contributed by atoms with Crippen molar-refractivity contribution in [3.63, 3.8) is 0 Å². The molecule has 2 nitrogen and oxygen atoms in total. The molecule has 0 aliphatic rings. The Hall–Kier alpha value is -1.96. The highest BCUT2D eigenvalue weighted by Gasteiger charge is 2.12. The van der Waals surface area contributed by atoms with Gasteiger partial charge in [0.25, 0.3) is 0 Å². The summed E-state index contributed by atoms with van der Waals surface area (Å²) in [6.45, 7) is 6.46. The molecule has 1 N–H and O–H groups in total. The van der Waals surface area contributed by atoms with E-state index in [2.05, 4.69) is 37.8 Å². The lowest BCUT2D eigenvalue weighted by atomic mass is 9.87. The number of benzene rings is 2. The van der Waals surface area contributed by atoms with E-state index in [4.69, 9.17) is 5.11 Å². The normalized spacial score (nSPS) is 10.4. The smallest absolute Gasteiger partial charge is 0.115 e. The maximum absolute atomic E-state index is 9.02. The van der Waals surface area contributed by atoms with Crippen molar-refractivity contribution in [3.8, 4) is 5.75 Å². The molecular formula is C18H25NO. The van der Waals surface area contributed by atoms with Gasteiger partial charge >= 0.3 is 0 Å². The Balaban J connectivity index is 0.000000204. The summed E-state index contributed by atoms with van der Waals surface area (Å²) in [6.07, 6.45) is 0. The Kier molecular flexibility index (Phi) is 5.63. The van der Waals surface area contributed by atoms with Crippen molar-refractivity contribution < 1.29 is 5.11 Å². The molecule has 0 saturated heterocycles. The van der Waals surface area contributed by atoms with Crippen LogP contribution < -0.4 is 4.90 Å². The van der Waals surface area contributed by atoms with Gasteiger partial charge in [-0.2, -0.15) is 0 Å². The molecule has 0 heterocycles. The summed E-state index contributed by atoms with van der Waals surface area (Å²) in [6, 6.07) is 17.6. The Labute approximate surface area is 122 Å². The van der Waals surface area contributed by atoms with E-state index in [1.165, 1.54) is 11.3 Å². The standard InChI is InChI=1S/C10H14O.C8H11N/c1-10(2,3)8-4-6-9(11)7-5-8;1-9(2)8-6-4-3-5-7-8/h4-7,11H,1-3H3;3-7H,1-2H3. The second-order valence-corrected chi connectivity index (χ2v) is 6.03. The minimum atomic E-state index is 0.174. The van der Waals surface area contributed by atoms with Crippen LogP contribution in [0, 0.1) is 0 Å². The lowest BCUT2D eigenvalue weighted by Crippen LogP contribution is -2.10. The number of rotatable bonds is 1. The third kappa shape index (κ3) is 5.35. The number of hydrogen-bond donors (Lipinski definition) is 1. The third-order valence-electron chi connectivity index (χ3n) is 3.01. The van der Waals surface area contributed by atoms with Gasteiger partial charge in [-0.05, 0) is 35.2 Å². The van der Waals surface area contributed by atoms with Crippen molar-refractivity contribution in [2.45, 2.75) is 26.2 Å². The summed E-state index contributed by atoms with van der Waals surface area (Å²) >= 11 is 0. The van der Waals surface area contributed by atoms with Gasteiger partial charge in [0, 0.05) is 19.8 Å². The van der Waals surface area contributed by atoms with E-state index in [1.54, 1.807) is 12.1 Å². The molecule has 0 radical (unpaired) electrons. The highest BCUT2D eigenvalue weighted by atomic mass is 16.3. The first-order valence-electron chi connectivity index (χ1n) is 6.82. The highest BCUT2D eigenvalue weighted by molar-refractivity contribution is 5.43. The van der Waals surface area contributed by atoms with Gasteiger partial charge in [0.1, 0.15) is 5.75 Å². The minimum Gasteiger partial charge on any atom is -0.508 e. The van der Waals surface area contributed by atoms with Crippen LogP contribution in [0.1, 0.15) is 26.3 Å². The summed E-state index contributed by atoms with van der Waals surface area (Å²) in [4.78, 5) is 2.08. The molecule has 20 heavy (non-hydrogen) atoms. The Morgan fingerprint density at radius 2 is 1.30 bits per heavy atom. The van der Waals surface area contributed by atoms with Gasteiger partial charge in [0.05, 0.1) is 0 Å². The molecule has 0 spiro atoms. The zero-order chi connectivity index (χ0) is 15.2. The third-order valence-corrected chi connectivity index (χ3v) is 3.01. The van der Waals surface area contributed by atoms with Gasteiger partial charge in [-0.25, -0.2) is 0 Å². The monoisotopic (exact) mass is 271 g/mol. The Morgan fingerprint density at radius 3 is 1.65 bits per heavy atom. The van der Waals surface area contributed by atoms with Crippen LogP contribution in [-0.2, 0) is 5.41 Å². The summed E-state index contributed by atoms with van der Waals surface area (Å²) in [5, 5.41) is 9.02. The number of nitrogens with zero attached hydrogens (tertiary/aromatic N) is 1. The number of anilines is 1. The van der Waals surface area contributed by atoms with Crippen molar-refractivity contribution in [3.05, 3.63) is 60.2 Å². The predicted octanol–water partition coefficient (Wildman–Crippen LogP) is 4.44. The first-order valence-corrected chi connectivity index (χ1v) is 6.82. The van der Waals surface area contributed by atoms with E-state index in [9.17, 15) is 0 Å². The fourth-order valence-corrected chi connectivity index (χ4v) is 1.69. The molecule has 0 saturated carbocycles. The molecule has 0 aliphatic heterocycles. The predicted molar refractivity (Wildman–Crippen MR) is 87.6 cm³/mol. The van der Waals surface area contributed by atoms with Crippen molar-refractivity contribution in [1.82, 2.24) is 0 Å². The minimum absolute atomic E-state index is 0.174. The van der Waals surface area contributed by atoms with Gasteiger partial charge < -0.3 is 10.0 Å². The molecule has 2 rings (SSSR count). The van der Waals surface area contributed by atoms with Crippen LogP contribution in [0.5, 0.6) is 5.75 Å². The molecule has 0 atom stereocenters. The second kappa shape index (κ2) is 6.99. The van der Waals surface area contributed by atoms with Crippen LogP contribution in [-0.4, -0.2) is 19.2 Å². The molecule has 2 aromatic carbocycles. The Bertz CT molecular complexity index is 495. The lowest BCUT2D eigenvalue weighted by molar-refractivity contribution is 0.474. The largest absolute Gasteiger partial charge is 0.508 e. The summed E-state index contributed by atoms with van der Waals surface area (Å²) in [7, 11) is 4.07. The van der Waals surface area contributed by atoms with Gasteiger partial charge in [-0.1, -0.05) is 51.1 Å². The SMILES string of the molecule is CC(C)(C)c1ccc(O)cc1.CN(C)c1ccccc1. The topological polar surface area (TPSA) is 23.5 Å².